The first-order chi connectivity index (χ1) is 12.0. The Kier molecular flexibility index (Phi) is 5.16. The first-order valence-corrected chi connectivity index (χ1v) is 9.63. The van der Waals surface area contributed by atoms with Gasteiger partial charge in [-0.2, -0.15) is 0 Å². The summed E-state index contributed by atoms with van der Waals surface area (Å²) in [6, 6.07) is 8.67. The van der Waals surface area contributed by atoms with Crippen LogP contribution in [0.3, 0.4) is 0 Å². The summed E-state index contributed by atoms with van der Waals surface area (Å²) in [5, 5.41) is 0. The average molecular weight is 342 g/mol. The van der Waals surface area contributed by atoms with Crippen molar-refractivity contribution in [3.63, 3.8) is 0 Å². The second kappa shape index (κ2) is 7.19. The minimum Gasteiger partial charge on any atom is -0.343 e. The van der Waals surface area contributed by atoms with Gasteiger partial charge in [0, 0.05) is 39.5 Å². The van der Waals surface area contributed by atoms with Gasteiger partial charge in [-0.3, -0.25) is 9.59 Å². The van der Waals surface area contributed by atoms with Gasteiger partial charge in [0.25, 0.3) is 0 Å². The molecule has 1 aliphatic carbocycles. The van der Waals surface area contributed by atoms with Crippen molar-refractivity contribution in [3.8, 4) is 0 Å². The quantitative estimate of drug-likeness (QED) is 0.842. The van der Waals surface area contributed by atoms with E-state index in [1.807, 2.05) is 23.6 Å². The molecule has 25 heavy (non-hydrogen) atoms. The highest BCUT2D eigenvalue weighted by atomic mass is 16.2. The van der Waals surface area contributed by atoms with E-state index in [1.165, 1.54) is 11.1 Å². The lowest BCUT2D eigenvalue weighted by Crippen LogP contribution is -2.43. The van der Waals surface area contributed by atoms with Crippen LogP contribution in [-0.4, -0.2) is 47.8 Å². The van der Waals surface area contributed by atoms with Crippen molar-refractivity contribution in [1.29, 1.82) is 0 Å². The molecule has 3 rings (SSSR count). The second-order valence-electron chi connectivity index (χ2n) is 7.54. The predicted octanol–water partition coefficient (Wildman–Crippen LogP) is 3.31. The van der Waals surface area contributed by atoms with Crippen LogP contribution < -0.4 is 0 Å². The summed E-state index contributed by atoms with van der Waals surface area (Å²) in [5.41, 5.74) is 2.94. The summed E-state index contributed by atoms with van der Waals surface area (Å²) in [6.07, 6.45) is 3.68. The molecule has 0 N–H and O–H groups in total. The van der Waals surface area contributed by atoms with Gasteiger partial charge in [-0.05, 0) is 55.6 Å². The van der Waals surface area contributed by atoms with Crippen molar-refractivity contribution in [2.24, 2.45) is 0 Å². The van der Waals surface area contributed by atoms with E-state index in [4.69, 9.17) is 0 Å². The molecule has 4 heteroatoms. The number of carbonyl (C=O) groups is 2. The molecule has 0 saturated carbocycles. The topological polar surface area (TPSA) is 40.6 Å². The van der Waals surface area contributed by atoms with Crippen LogP contribution in [0.1, 0.15) is 63.5 Å². The van der Waals surface area contributed by atoms with Gasteiger partial charge in [-0.15, -0.1) is 0 Å². The highest BCUT2D eigenvalue weighted by Gasteiger charge is 2.46. The molecule has 2 amide bonds. The Balaban J connectivity index is 1.81. The number of benzene rings is 1. The number of hydrogen-bond acceptors (Lipinski definition) is 2. The van der Waals surface area contributed by atoms with Crippen molar-refractivity contribution in [3.05, 3.63) is 35.4 Å². The molecular weight excluding hydrogens is 312 g/mol. The molecule has 0 bridgehead atoms. The number of hydrogen-bond donors (Lipinski definition) is 0. The molecule has 0 radical (unpaired) electrons. The molecule has 1 spiro atoms. The van der Waals surface area contributed by atoms with Gasteiger partial charge in [-0.25, -0.2) is 0 Å². The largest absolute Gasteiger partial charge is 0.343 e. The smallest absolute Gasteiger partial charge is 0.223 e. The Morgan fingerprint density at radius 3 is 2.40 bits per heavy atom. The van der Waals surface area contributed by atoms with Gasteiger partial charge in [-0.1, -0.05) is 24.3 Å². The third-order valence-electron chi connectivity index (χ3n) is 6.31. The van der Waals surface area contributed by atoms with Crippen LogP contribution in [0.5, 0.6) is 0 Å². The zero-order chi connectivity index (χ0) is 18.0. The molecule has 1 atom stereocenters. The number of amides is 2. The van der Waals surface area contributed by atoms with Crippen LogP contribution >= 0.6 is 0 Å². The fraction of sp³-hybridized carbons (Fsp3) is 0.619. The summed E-state index contributed by atoms with van der Waals surface area (Å²) in [4.78, 5) is 28.2. The molecule has 136 valence electrons. The summed E-state index contributed by atoms with van der Waals surface area (Å²) in [7, 11) is 0. The summed E-state index contributed by atoms with van der Waals surface area (Å²) >= 11 is 0. The lowest BCUT2D eigenvalue weighted by Gasteiger charge is -2.40. The van der Waals surface area contributed by atoms with Gasteiger partial charge >= 0.3 is 0 Å². The molecule has 1 heterocycles. The fourth-order valence-electron chi connectivity index (χ4n) is 4.85. The molecule has 4 nitrogen and oxygen atoms in total. The van der Waals surface area contributed by atoms with E-state index in [1.54, 1.807) is 6.92 Å². The molecule has 1 aromatic carbocycles. The first-order valence-electron chi connectivity index (χ1n) is 9.63. The van der Waals surface area contributed by atoms with E-state index < -0.39 is 0 Å². The molecule has 1 fully saturated rings. The molecular formula is C21H30N2O2. The number of rotatable bonds is 4. The average Bonchev–Trinajstić information content (AvgIpc) is 2.90. The summed E-state index contributed by atoms with van der Waals surface area (Å²) < 4.78 is 0. The van der Waals surface area contributed by atoms with Crippen LogP contribution in [-0.2, 0) is 15.0 Å². The molecule has 1 aliphatic heterocycles. The van der Waals surface area contributed by atoms with Gasteiger partial charge < -0.3 is 9.80 Å². The standard InChI is InChI=1S/C21H30N2O2/c1-4-22(5-2)20(25)14-17-15-21(19-9-7-6-8-18(17)19)10-12-23(13-11-21)16(3)24/h6-9,17H,4-5,10-15H2,1-3H3/t17-/m0/s1. The van der Waals surface area contributed by atoms with Crippen LogP contribution in [0, 0.1) is 0 Å². The number of piperidine rings is 1. The zero-order valence-corrected chi connectivity index (χ0v) is 15.8. The Morgan fingerprint density at radius 1 is 1.16 bits per heavy atom. The van der Waals surface area contributed by atoms with Crippen molar-refractivity contribution in [2.45, 2.75) is 57.8 Å². The third-order valence-corrected chi connectivity index (χ3v) is 6.31. The van der Waals surface area contributed by atoms with Crippen molar-refractivity contribution >= 4 is 11.8 Å². The minimum absolute atomic E-state index is 0.150. The van der Waals surface area contributed by atoms with E-state index in [2.05, 4.69) is 24.3 Å². The van der Waals surface area contributed by atoms with E-state index >= 15 is 0 Å². The maximum Gasteiger partial charge on any atom is 0.223 e. The monoisotopic (exact) mass is 342 g/mol. The second-order valence-corrected chi connectivity index (χ2v) is 7.54. The fourth-order valence-corrected chi connectivity index (χ4v) is 4.85. The predicted molar refractivity (Wildman–Crippen MR) is 99.5 cm³/mol. The number of nitrogens with zero attached hydrogens (tertiary/aromatic N) is 2. The Bertz CT molecular complexity index is 643. The van der Waals surface area contributed by atoms with Crippen LogP contribution in [0.4, 0.5) is 0 Å². The molecule has 1 saturated heterocycles. The lowest BCUT2D eigenvalue weighted by atomic mass is 9.73. The van der Waals surface area contributed by atoms with E-state index in [9.17, 15) is 9.59 Å². The highest BCUT2D eigenvalue weighted by Crippen LogP contribution is 2.52. The first kappa shape index (κ1) is 18.0. The lowest BCUT2D eigenvalue weighted by molar-refractivity contribution is -0.131. The van der Waals surface area contributed by atoms with E-state index in [0.29, 0.717) is 12.3 Å². The van der Waals surface area contributed by atoms with Gasteiger partial charge in [0.1, 0.15) is 0 Å². The zero-order valence-electron chi connectivity index (χ0n) is 15.8. The van der Waals surface area contributed by atoms with Crippen molar-refractivity contribution in [1.82, 2.24) is 9.80 Å². The number of likely N-dealkylation sites (tertiary alicyclic amines) is 1. The summed E-state index contributed by atoms with van der Waals surface area (Å²) in [5.74, 6) is 0.755. The Hall–Kier alpha value is -1.84. The maximum atomic E-state index is 12.7. The molecule has 1 aromatic rings. The van der Waals surface area contributed by atoms with Crippen LogP contribution in [0.15, 0.2) is 24.3 Å². The number of fused-ring (bicyclic) bond motifs is 2. The van der Waals surface area contributed by atoms with Crippen LogP contribution in [0.2, 0.25) is 0 Å². The van der Waals surface area contributed by atoms with E-state index in [0.717, 1.165) is 45.4 Å². The van der Waals surface area contributed by atoms with Crippen molar-refractivity contribution in [2.75, 3.05) is 26.2 Å². The highest BCUT2D eigenvalue weighted by molar-refractivity contribution is 5.77. The van der Waals surface area contributed by atoms with Gasteiger partial charge in [0.05, 0.1) is 0 Å². The summed E-state index contributed by atoms with van der Waals surface area (Å²) in [6.45, 7) is 8.98. The Morgan fingerprint density at radius 2 is 1.80 bits per heavy atom. The molecule has 0 unspecified atom stereocenters. The minimum atomic E-state index is 0.150. The molecule has 0 aromatic heterocycles. The van der Waals surface area contributed by atoms with Crippen LogP contribution in [0.25, 0.3) is 0 Å². The normalized spacial score (nSPS) is 21.2. The van der Waals surface area contributed by atoms with Gasteiger partial charge in [0.2, 0.25) is 11.8 Å². The molecule has 2 aliphatic rings. The van der Waals surface area contributed by atoms with E-state index in [-0.39, 0.29) is 17.2 Å². The van der Waals surface area contributed by atoms with Crippen molar-refractivity contribution < 1.29 is 9.59 Å². The van der Waals surface area contributed by atoms with Gasteiger partial charge in [0.15, 0.2) is 0 Å². The number of carbonyl (C=O) groups excluding carboxylic acids is 2. The maximum absolute atomic E-state index is 12.7. The SMILES string of the molecule is CCN(CC)C(=O)C[C@H]1CC2(CCN(C(C)=O)CC2)c2ccccc21. The third kappa shape index (κ3) is 3.31. The Labute approximate surface area is 151 Å².